The second-order valence-corrected chi connectivity index (χ2v) is 5.70. The number of fused-ring (bicyclic) bond motifs is 1. The average molecular weight is 341 g/mol. The van der Waals surface area contributed by atoms with Crippen LogP contribution >= 0.6 is 0 Å². The maximum absolute atomic E-state index is 9.68. The number of nitrogens with two attached hydrogens (primary N) is 1. The van der Waals surface area contributed by atoms with Gasteiger partial charge in [-0.05, 0) is 18.2 Å². The van der Waals surface area contributed by atoms with Crippen LogP contribution in [0.4, 0.5) is 5.95 Å². The standard InChI is InChI=1S/C20H15N5O/c1-26-17-10-6-5-9-15(17)18-14(12-21)11-16-19(13-7-3-2-4-8-13)23-20(22)25(16)24-18/h2-11H,1H3,(H2,22,23). The van der Waals surface area contributed by atoms with Gasteiger partial charge < -0.3 is 10.5 Å². The van der Waals surface area contributed by atoms with Crippen LogP contribution in [0.5, 0.6) is 5.75 Å². The van der Waals surface area contributed by atoms with Gasteiger partial charge in [-0.1, -0.05) is 42.5 Å². The number of hydrogen-bond donors (Lipinski definition) is 1. The van der Waals surface area contributed by atoms with Crippen LogP contribution < -0.4 is 10.5 Å². The van der Waals surface area contributed by atoms with Gasteiger partial charge in [-0.3, -0.25) is 0 Å². The van der Waals surface area contributed by atoms with Crippen molar-refractivity contribution in [3.05, 3.63) is 66.2 Å². The van der Waals surface area contributed by atoms with Gasteiger partial charge in [0.2, 0.25) is 5.95 Å². The van der Waals surface area contributed by atoms with E-state index in [1.807, 2.05) is 54.6 Å². The van der Waals surface area contributed by atoms with Crippen molar-refractivity contribution in [3.63, 3.8) is 0 Å². The predicted molar refractivity (Wildman–Crippen MR) is 99.5 cm³/mol. The second kappa shape index (κ2) is 6.22. The van der Waals surface area contributed by atoms with Gasteiger partial charge in [0.15, 0.2) is 0 Å². The minimum Gasteiger partial charge on any atom is -0.496 e. The molecule has 2 aromatic heterocycles. The van der Waals surface area contributed by atoms with Gasteiger partial charge in [-0.25, -0.2) is 4.98 Å². The highest BCUT2D eigenvalue weighted by Crippen LogP contribution is 2.33. The summed E-state index contributed by atoms with van der Waals surface area (Å²) in [5.74, 6) is 0.900. The van der Waals surface area contributed by atoms with Gasteiger partial charge in [-0.15, -0.1) is 0 Å². The molecule has 0 amide bonds. The normalized spacial score (nSPS) is 10.6. The Labute approximate surface area is 150 Å². The van der Waals surface area contributed by atoms with Crippen LogP contribution in [0, 0.1) is 11.3 Å². The van der Waals surface area contributed by atoms with Crippen LogP contribution in [0.25, 0.3) is 28.0 Å². The van der Waals surface area contributed by atoms with Crippen LogP contribution in [-0.2, 0) is 0 Å². The highest BCUT2D eigenvalue weighted by molar-refractivity contribution is 5.83. The fourth-order valence-corrected chi connectivity index (χ4v) is 2.97. The third-order valence-corrected chi connectivity index (χ3v) is 4.18. The molecule has 0 unspecified atom stereocenters. The molecular weight excluding hydrogens is 326 g/mol. The summed E-state index contributed by atoms with van der Waals surface area (Å²) in [5, 5.41) is 14.3. The molecule has 6 heteroatoms. The molecule has 0 saturated carbocycles. The van der Waals surface area contributed by atoms with Crippen LogP contribution in [0.1, 0.15) is 5.56 Å². The Morgan fingerprint density at radius 3 is 2.50 bits per heavy atom. The summed E-state index contributed by atoms with van der Waals surface area (Å²) < 4.78 is 6.97. The number of para-hydroxylation sites is 1. The third kappa shape index (κ3) is 2.43. The SMILES string of the molecule is COc1ccccc1-c1nn2c(N)nc(-c3ccccc3)c2cc1C#N. The lowest BCUT2D eigenvalue weighted by Crippen LogP contribution is -2.02. The van der Waals surface area contributed by atoms with Crippen LogP contribution in [0.3, 0.4) is 0 Å². The fraction of sp³-hybridized carbons (Fsp3) is 0.0500. The Balaban J connectivity index is 2.01. The molecule has 2 N–H and O–H groups in total. The number of imidazole rings is 1. The fourth-order valence-electron chi connectivity index (χ4n) is 2.97. The van der Waals surface area contributed by atoms with Crippen molar-refractivity contribution >= 4 is 11.5 Å². The van der Waals surface area contributed by atoms with Gasteiger partial charge in [0.1, 0.15) is 23.2 Å². The largest absolute Gasteiger partial charge is 0.496 e. The number of methoxy groups -OCH3 is 1. The highest BCUT2D eigenvalue weighted by atomic mass is 16.5. The molecule has 0 saturated heterocycles. The first-order chi connectivity index (χ1) is 12.7. The molecule has 0 fully saturated rings. The lowest BCUT2D eigenvalue weighted by atomic mass is 10.0. The van der Waals surface area contributed by atoms with Crippen molar-refractivity contribution in [2.24, 2.45) is 0 Å². The van der Waals surface area contributed by atoms with E-state index < -0.39 is 0 Å². The molecule has 6 nitrogen and oxygen atoms in total. The van der Waals surface area contributed by atoms with E-state index in [1.165, 1.54) is 0 Å². The minimum absolute atomic E-state index is 0.263. The third-order valence-electron chi connectivity index (χ3n) is 4.18. The van der Waals surface area contributed by atoms with Gasteiger partial charge in [0.05, 0.1) is 18.2 Å². The Hall–Kier alpha value is -3.85. The van der Waals surface area contributed by atoms with Gasteiger partial charge in [0.25, 0.3) is 0 Å². The summed E-state index contributed by atoms with van der Waals surface area (Å²) in [6, 6.07) is 21.1. The molecule has 26 heavy (non-hydrogen) atoms. The summed E-state index contributed by atoms with van der Waals surface area (Å²) in [6.45, 7) is 0. The molecule has 0 atom stereocenters. The Kier molecular flexibility index (Phi) is 3.75. The van der Waals surface area contributed by atoms with E-state index in [0.717, 1.165) is 11.1 Å². The number of benzene rings is 2. The van der Waals surface area contributed by atoms with E-state index in [1.54, 1.807) is 17.7 Å². The van der Waals surface area contributed by atoms with Crippen molar-refractivity contribution in [1.82, 2.24) is 14.6 Å². The zero-order chi connectivity index (χ0) is 18.1. The van der Waals surface area contributed by atoms with E-state index >= 15 is 0 Å². The van der Waals surface area contributed by atoms with Crippen LogP contribution in [-0.4, -0.2) is 21.7 Å². The van der Waals surface area contributed by atoms with E-state index in [0.29, 0.717) is 28.2 Å². The highest BCUT2D eigenvalue weighted by Gasteiger charge is 2.18. The first-order valence-corrected chi connectivity index (χ1v) is 8.01. The quantitative estimate of drug-likeness (QED) is 0.616. The molecule has 126 valence electrons. The first-order valence-electron chi connectivity index (χ1n) is 8.01. The van der Waals surface area contributed by atoms with E-state index in [9.17, 15) is 5.26 Å². The smallest absolute Gasteiger partial charge is 0.222 e. The maximum Gasteiger partial charge on any atom is 0.222 e. The summed E-state index contributed by atoms with van der Waals surface area (Å²) >= 11 is 0. The van der Waals surface area contributed by atoms with Crippen LogP contribution in [0.2, 0.25) is 0 Å². The number of hydrogen-bond acceptors (Lipinski definition) is 5. The number of rotatable bonds is 3. The molecule has 0 radical (unpaired) electrons. The van der Waals surface area contributed by atoms with Crippen molar-refractivity contribution in [2.45, 2.75) is 0 Å². The molecule has 2 heterocycles. The van der Waals surface area contributed by atoms with Crippen LogP contribution in [0.15, 0.2) is 60.7 Å². The topological polar surface area (TPSA) is 89.2 Å². The van der Waals surface area contributed by atoms with E-state index in [-0.39, 0.29) is 5.95 Å². The van der Waals surface area contributed by atoms with Crippen molar-refractivity contribution < 1.29 is 4.74 Å². The van der Waals surface area contributed by atoms with Crippen molar-refractivity contribution in [2.75, 3.05) is 12.8 Å². The second-order valence-electron chi connectivity index (χ2n) is 5.70. The minimum atomic E-state index is 0.263. The monoisotopic (exact) mass is 341 g/mol. The lowest BCUT2D eigenvalue weighted by Gasteiger charge is -2.10. The predicted octanol–water partition coefficient (Wildman–Crippen LogP) is 3.53. The number of anilines is 1. The van der Waals surface area contributed by atoms with Gasteiger partial charge in [0, 0.05) is 11.1 Å². The molecular formula is C20H15N5O. The van der Waals surface area contributed by atoms with Crippen molar-refractivity contribution in [1.29, 1.82) is 5.26 Å². The zero-order valence-corrected chi connectivity index (χ0v) is 14.0. The molecule has 0 aliphatic rings. The molecule has 2 aromatic carbocycles. The Morgan fingerprint density at radius 2 is 1.77 bits per heavy atom. The molecule has 0 spiro atoms. The Bertz CT molecular complexity index is 1140. The zero-order valence-electron chi connectivity index (χ0n) is 14.0. The van der Waals surface area contributed by atoms with E-state index in [2.05, 4.69) is 16.2 Å². The molecule has 4 aromatic rings. The van der Waals surface area contributed by atoms with Crippen molar-refractivity contribution in [3.8, 4) is 34.3 Å². The number of nitrogens with zero attached hydrogens (tertiary/aromatic N) is 4. The molecule has 4 rings (SSSR count). The summed E-state index contributed by atoms with van der Waals surface area (Å²) in [7, 11) is 1.59. The molecule has 0 aliphatic heterocycles. The lowest BCUT2D eigenvalue weighted by molar-refractivity contribution is 0.416. The molecule has 0 bridgehead atoms. The van der Waals surface area contributed by atoms with Gasteiger partial charge in [-0.2, -0.15) is 14.9 Å². The van der Waals surface area contributed by atoms with E-state index in [4.69, 9.17) is 10.5 Å². The average Bonchev–Trinajstić information content (AvgIpc) is 3.03. The summed E-state index contributed by atoms with van der Waals surface area (Å²) in [5.41, 5.74) is 10.0. The number of aromatic nitrogens is 3. The number of nitriles is 1. The first kappa shape index (κ1) is 15.7. The number of ether oxygens (including phenoxy) is 1. The number of nitrogen functional groups attached to an aromatic ring is 1. The van der Waals surface area contributed by atoms with Gasteiger partial charge >= 0.3 is 0 Å². The maximum atomic E-state index is 9.68. The summed E-state index contributed by atoms with van der Waals surface area (Å²) in [4.78, 5) is 4.45. The molecule has 0 aliphatic carbocycles. The Morgan fingerprint density at radius 1 is 1.04 bits per heavy atom. The summed E-state index contributed by atoms with van der Waals surface area (Å²) in [6.07, 6.45) is 0.